The number of halogens is 1. The van der Waals surface area contributed by atoms with Crippen LogP contribution in [0.1, 0.15) is 53.3 Å². The van der Waals surface area contributed by atoms with Gasteiger partial charge in [-0.25, -0.2) is 9.07 Å². The van der Waals surface area contributed by atoms with Gasteiger partial charge in [-0.05, 0) is 38.9 Å². The van der Waals surface area contributed by atoms with Gasteiger partial charge in [-0.3, -0.25) is 0 Å². The van der Waals surface area contributed by atoms with Gasteiger partial charge >= 0.3 is 0 Å². The van der Waals surface area contributed by atoms with Gasteiger partial charge in [0.2, 0.25) is 0 Å². The first kappa shape index (κ1) is 19.4. The molecular weight excluding hydrogens is 325 g/mol. The molecule has 1 aliphatic heterocycles. The van der Waals surface area contributed by atoms with Crippen LogP contribution in [0.3, 0.4) is 0 Å². The quantitative estimate of drug-likeness (QED) is 0.830. The molecule has 5 nitrogen and oxygen atoms in total. The van der Waals surface area contributed by atoms with E-state index in [-0.39, 0.29) is 17.2 Å². The number of rotatable bonds is 3. The highest BCUT2D eigenvalue weighted by atomic mass is 28.4. The third kappa shape index (κ3) is 3.68. The van der Waals surface area contributed by atoms with E-state index in [4.69, 9.17) is 14.9 Å². The minimum atomic E-state index is -2.05. The van der Waals surface area contributed by atoms with Crippen LogP contribution in [-0.4, -0.2) is 37.0 Å². The van der Waals surface area contributed by atoms with Crippen molar-refractivity contribution in [3.63, 3.8) is 0 Å². The molecule has 0 radical (unpaired) electrons. The fourth-order valence-corrected chi connectivity index (χ4v) is 3.88. The van der Waals surface area contributed by atoms with Crippen LogP contribution in [-0.2, 0) is 14.7 Å². The average molecular weight is 358 g/mol. The SMILES string of the molecule is CC(C)(C)n1nc([C@@H]2OCC(O[Si](C)(C)C(C)(C)C)[C@@H]2F)cc1N. The summed E-state index contributed by atoms with van der Waals surface area (Å²) in [6.07, 6.45) is -2.50. The highest BCUT2D eigenvalue weighted by Gasteiger charge is 2.47. The van der Waals surface area contributed by atoms with E-state index in [1.54, 1.807) is 10.7 Å². The number of aromatic nitrogens is 2. The number of hydrogen-bond donors (Lipinski definition) is 1. The van der Waals surface area contributed by atoms with Crippen molar-refractivity contribution in [1.29, 1.82) is 0 Å². The van der Waals surface area contributed by atoms with E-state index in [0.717, 1.165) is 0 Å². The van der Waals surface area contributed by atoms with Gasteiger partial charge in [0, 0.05) is 6.07 Å². The maximum Gasteiger partial charge on any atom is 0.192 e. The third-order valence-corrected chi connectivity index (χ3v) is 9.52. The monoisotopic (exact) mass is 357 g/mol. The van der Waals surface area contributed by atoms with Gasteiger partial charge in [-0.1, -0.05) is 20.8 Å². The van der Waals surface area contributed by atoms with Gasteiger partial charge in [-0.2, -0.15) is 5.10 Å². The van der Waals surface area contributed by atoms with Gasteiger partial charge < -0.3 is 14.9 Å². The Hall–Kier alpha value is -0.923. The molecule has 1 aromatic heterocycles. The van der Waals surface area contributed by atoms with E-state index < -0.39 is 26.7 Å². The van der Waals surface area contributed by atoms with Gasteiger partial charge in [0.05, 0.1) is 17.8 Å². The summed E-state index contributed by atoms with van der Waals surface area (Å²) in [5.74, 6) is 0.516. The highest BCUT2D eigenvalue weighted by Crippen LogP contribution is 2.41. The summed E-state index contributed by atoms with van der Waals surface area (Å²) in [6.45, 7) is 16.9. The molecule has 0 aromatic carbocycles. The summed E-state index contributed by atoms with van der Waals surface area (Å²) in [5.41, 5.74) is 6.31. The van der Waals surface area contributed by atoms with E-state index in [1.807, 2.05) is 20.8 Å². The van der Waals surface area contributed by atoms with Crippen LogP contribution in [0.4, 0.5) is 10.2 Å². The van der Waals surface area contributed by atoms with Crippen LogP contribution in [0.15, 0.2) is 6.07 Å². The van der Waals surface area contributed by atoms with Gasteiger partial charge in [0.25, 0.3) is 0 Å². The van der Waals surface area contributed by atoms with Crippen molar-refractivity contribution in [2.24, 2.45) is 0 Å². The Morgan fingerprint density at radius 1 is 1.29 bits per heavy atom. The van der Waals surface area contributed by atoms with Crippen LogP contribution in [0, 0.1) is 0 Å². The van der Waals surface area contributed by atoms with E-state index in [9.17, 15) is 4.39 Å². The molecule has 1 aliphatic rings. The zero-order valence-corrected chi connectivity index (χ0v) is 17.2. The van der Waals surface area contributed by atoms with Crippen LogP contribution in [0.2, 0.25) is 18.1 Å². The molecular formula is C17H32FN3O2Si. The van der Waals surface area contributed by atoms with E-state index in [2.05, 4.69) is 39.0 Å². The van der Waals surface area contributed by atoms with Crippen molar-refractivity contribution in [2.75, 3.05) is 12.3 Å². The lowest BCUT2D eigenvalue weighted by atomic mass is 10.1. The van der Waals surface area contributed by atoms with Crippen molar-refractivity contribution in [3.05, 3.63) is 11.8 Å². The molecule has 0 aliphatic carbocycles. The average Bonchev–Trinajstić information content (AvgIpc) is 2.92. The molecule has 0 saturated carbocycles. The standard InChI is InChI=1S/C17H32FN3O2Si/c1-16(2,3)21-13(19)9-11(20-21)15-14(18)12(10-22-15)23-24(7,8)17(4,5)6/h9,12,14-15H,10,19H2,1-8H3/t12?,14-,15-/m0/s1. The molecule has 2 rings (SSSR count). The first-order chi connectivity index (χ1) is 10.7. The predicted octanol–water partition coefficient (Wildman–Crippen LogP) is 4.02. The van der Waals surface area contributed by atoms with Crippen molar-refractivity contribution in [1.82, 2.24) is 9.78 Å². The third-order valence-electron chi connectivity index (χ3n) is 5.02. The van der Waals surface area contributed by atoms with Crippen LogP contribution in [0.5, 0.6) is 0 Å². The van der Waals surface area contributed by atoms with Gasteiger partial charge in [-0.15, -0.1) is 0 Å². The summed E-state index contributed by atoms with van der Waals surface area (Å²) < 4.78 is 28.6. The Kier molecular flexibility index (Phi) is 4.94. The van der Waals surface area contributed by atoms with Crippen LogP contribution >= 0.6 is 0 Å². The van der Waals surface area contributed by atoms with Gasteiger partial charge in [0.1, 0.15) is 18.0 Å². The summed E-state index contributed by atoms with van der Waals surface area (Å²) >= 11 is 0. The van der Waals surface area contributed by atoms with Crippen LogP contribution in [0.25, 0.3) is 0 Å². The van der Waals surface area contributed by atoms with Crippen molar-refractivity contribution >= 4 is 14.1 Å². The molecule has 138 valence electrons. The topological polar surface area (TPSA) is 62.3 Å². The maximum absolute atomic E-state index is 15.0. The lowest BCUT2D eigenvalue weighted by molar-refractivity contribution is 0.0733. The zero-order valence-electron chi connectivity index (χ0n) is 16.2. The van der Waals surface area contributed by atoms with Gasteiger partial charge in [0.15, 0.2) is 14.5 Å². The molecule has 2 N–H and O–H groups in total. The van der Waals surface area contributed by atoms with E-state index in [1.165, 1.54) is 0 Å². The fraction of sp³-hybridized carbons (Fsp3) is 0.824. The second kappa shape index (κ2) is 6.11. The Labute approximate surface area is 145 Å². The molecule has 0 amide bonds. The molecule has 3 atom stereocenters. The van der Waals surface area contributed by atoms with Crippen molar-refractivity contribution in [2.45, 2.75) is 83.6 Å². The van der Waals surface area contributed by atoms with Crippen molar-refractivity contribution in [3.8, 4) is 0 Å². The second-order valence-corrected chi connectivity index (χ2v) is 13.9. The lowest BCUT2D eigenvalue weighted by Gasteiger charge is -2.38. The normalized spacial score (nSPS) is 26.1. The van der Waals surface area contributed by atoms with Crippen LogP contribution < -0.4 is 5.73 Å². The molecule has 0 spiro atoms. The molecule has 1 fully saturated rings. The Morgan fingerprint density at radius 3 is 2.33 bits per heavy atom. The molecule has 1 saturated heterocycles. The summed E-state index contributed by atoms with van der Waals surface area (Å²) in [5, 5.41) is 4.51. The Morgan fingerprint density at radius 2 is 1.88 bits per heavy atom. The maximum atomic E-state index is 15.0. The number of nitrogens with zero attached hydrogens (tertiary/aromatic N) is 2. The first-order valence-electron chi connectivity index (χ1n) is 8.53. The molecule has 24 heavy (non-hydrogen) atoms. The second-order valence-electron chi connectivity index (χ2n) is 9.19. The fourth-order valence-electron chi connectivity index (χ4n) is 2.57. The minimum Gasteiger partial charge on any atom is -0.408 e. The van der Waals surface area contributed by atoms with E-state index in [0.29, 0.717) is 11.5 Å². The molecule has 1 unspecified atom stereocenters. The number of ether oxygens (including phenoxy) is 1. The summed E-state index contributed by atoms with van der Waals surface area (Å²) in [7, 11) is -2.05. The van der Waals surface area contributed by atoms with E-state index >= 15 is 0 Å². The molecule has 1 aromatic rings. The molecule has 7 heteroatoms. The summed E-state index contributed by atoms with van der Waals surface area (Å²) in [6, 6.07) is 1.71. The smallest absolute Gasteiger partial charge is 0.192 e. The summed E-state index contributed by atoms with van der Waals surface area (Å²) in [4.78, 5) is 0. The zero-order chi connectivity index (χ0) is 18.5. The van der Waals surface area contributed by atoms with Crippen molar-refractivity contribution < 1.29 is 13.6 Å². The number of alkyl halides is 1. The number of nitrogens with two attached hydrogens (primary N) is 1. The lowest BCUT2D eigenvalue weighted by Crippen LogP contribution is -2.46. The number of hydrogen-bond acceptors (Lipinski definition) is 4. The highest BCUT2D eigenvalue weighted by molar-refractivity contribution is 6.74. The molecule has 0 bridgehead atoms. The Balaban J connectivity index is 2.16. The first-order valence-corrected chi connectivity index (χ1v) is 11.4. The largest absolute Gasteiger partial charge is 0.408 e. The molecule has 2 heterocycles. The minimum absolute atomic E-state index is 0.0308. The number of anilines is 1. The number of nitrogen functional groups attached to an aromatic ring is 1. The Bertz CT molecular complexity index is 590. The predicted molar refractivity (Wildman–Crippen MR) is 97.3 cm³/mol.